The van der Waals surface area contributed by atoms with Crippen LogP contribution in [-0.4, -0.2) is 10.9 Å². The molecule has 0 aliphatic rings. The molecule has 1 atom stereocenters. The Morgan fingerprint density at radius 3 is 2.73 bits per heavy atom. The number of nitrogens with two attached hydrogens (primary N) is 1. The van der Waals surface area contributed by atoms with Gasteiger partial charge in [0.1, 0.15) is 5.01 Å². The minimum absolute atomic E-state index is 0.0126. The highest BCUT2D eigenvalue weighted by atomic mass is 32.2. The third kappa shape index (κ3) is 5.18. The quantitative estimate of drug-likeness (QED) is 0.267. The Hall–Kier alpha value is -2.87. The van der Waals surface area contributed by atoms with E-state index in [1.807, 2.05) is 60.7 Å². The average Bonchev–Trinajstić information content (AvgIpc) is 3.15. The van der Waals surface area contributed by atoms with E-state index in [0.717, 1.165) is 38.8 Å². The molecular weight excluding hydrogens is 412 g/mol. The lowest BCUT2D eigenvalue weighted by molar-refractivity contribution is -0.114. The number of para-hydroxylation sites is 1. The van der Waals surface area contributed by atoms with Crippen LogP contribution in [0.25, 0.3) is 10.2 Å². The van der Waals surface area contributed by atoms with E-state index in [1.165, 1.54) is 23.6 Å². The smallest absolute Gasteiger partial charge is 0.221 e. The number of thiazole rings is 1. The fourth-order valence-corrected chi connectivity index (χ4v) is 5.05. The van der Waals surface area contributed by atoms with Crippen molar-refractivity contribution in [2.45, 2.75) is 24.3 Å². The number of carbonyl (C=O) groups is 1. The molecule has 4 aromatic rings. The molecule has 4 N–H and O–H groups in total. The van der Waals surface area contributed by atoms with Crippen LogP contribution in [0.15, 0.2) is 77.7 Å². The van der Waals surface area contributed by atoms with Gasteiger partial charge in [-0.05, 0) is 66.4 Å². The maximum absolute atomic E-state index is 11.3. The second-order valence-corrected chi connectivity index (χ2v) is 8.92. The molecule has 0 bridgehead atoms. The van der Waals surface area contributed by atoms with Crippen LogP contribution in [0.2, 0.25) is 0 Å². The van der Waals surface area contributed by atoms with Crippen molar-refractivity contribution in [1.82, 2.24) is 9.71 Å². The van der Waals surface area contributed by atoms with Crippen LogP contribution in [-0.2, 0) is 11.2 Å². The number of carbonyl (C=O) groups excluding carboxylic acids is 1. The molecule has 1 aromatic heterocycles. The van der Waals surface area contributed by atoms with Gasteiger partial charge in [0, 0.05) is 23.2 Å². The Labute approximate surface area is 183 Å². The van der Waals surface area contributed by atoms with E-state index in [9.17, 15) is 4.79 Å². The predicted molar refractivity (Wildman–Crippen MR) is 127 cm³/mol. The summed E-state index contributed by atoms with van der Waals surface area (Å²) in [5.41, 5.74) is 9.68. The molecule has 1 unspecified atom stereocenters. The maximum Gasteiger partial charge on any atom is 0.221 e. The maximum atomic E-state index is 11.3. The van der Waals surface area contributed by atoms with E-state index in [-0.39, 0.29) is 11.9 Å². The van der Waals surface area contributed by atoms with Crippen LogP contribution in [0.3, 0.4) is 0 Å². The molecular formula is C23H22N4OS2. The molecule has 0 spiro atoms. The topological polar surface area (TPSA) is 80.0 Å². The Balaban J connectivity index is 1.57. The Kier molecular flexibility index (Phi) is 6.32. The van der Waals surface area contributed by atoms with Crippen molar-refractivity contribution in [3.05, 3.63) is 83.4 Å². The first-order valence-electron chi connectivity index (χ1n) is 9.57. The van der Waals surface area contributed by atoms with Gasteiger partial charge in [-0.25, -0.2) is 9.71 Å². The van der Waals surface area contributed by atoms with Crippen molar-refractivity contribution >= 4 is 50.8 Å². The molecule has 0 saturated carbocycles. The molecule has 3 aromatic carbocycles. The van der Waals surface area contributed by atoms with Gasteiger partial charge in [0.05, 0.1) is 16.3 Å². The highest BCUT2D eigenvalue weighted by Crippen LogP contribution is 2.31. The lowest BCUT2D eigenvalue weighted by Crippen LogP contribution is -2.17. The summed E-state index contributed by atoms with van der Waals surface area (Å²) >= 11 is 3.23. The van der Waals surface area contributed by atoms with Crippen molar-refractivity contribution in [1.29, 1.82) is 0 Å². The molecule has 0 fully saturated rings. The van der Waals surface area contributed by atoms with Crippen molar-refractivity contribution in [3.63, 3.8) is 0 Å². The summed E-state index contributed by atoms with van der Waals surface area (Å²) < 4.78 is 4.74. The van der Waals surface area contributed by atoms with Gasteiger partial charge in [0.2, 0.25) is 5.91 Å². The lowest BCUT2D eigenvalue weighted by Gasteiger charge is -2.16. The third-order valence-electron chi connectivity index (χ3n) is 4.47. The van der Waals surface area contributed by atoms with Gasteiger partial charge in [-0.1, -0.05) is 30.3 Å². The number of hydrogen-bond acceptors (Lipinski definition) is 6. The van der Waals surface area contributed by atoms with Gasteiger partial charge in [0.15, 0.2) is 0 Å². The van der Waals surface area contributed by atoms with Crippen LogP contribution >= 0.6 is 23.3 Å². The van der Waals surface area contributed by atoms with Gasteiger partial charge >= 0.3 is 0 Å². The number of hydrogen-bond donors (Lipinski definition) is 3. The fourth-order valence-electron chi connectivity index (χ4n) is 3.15. The summed E-state index contributed by atoms with van der Waals surface area (Å²) in [6, 6.07) is 23.9. The first kappa shape index (κ1) is 20.4. The minimum atomic E-state index is -0.0841. The van der Waals surface area contributed by atoms with Crippen molar-refractivity contribution in [3.8, 4) is 0 Å². The Bertz CT molecular complexity index is 1140. The molecule has 30 heavy (non-hydrogen) atoms. The van der Waals surface area contributed by atoms with E-state index in [4.69, 9.17) is 10.7 Å². The number of aromatic nitrogens is 1. The molecule has 1 amide bonds. The second-order valence-electron chi connectivity index (χ2n) is 6.95. The zero-order valence-corrected chi connectivity index (χ0v) is 18.1. The SMILES string of the molecule is CC(=O)Nc1cccc(SNC(Cc2cccc(N)c2)c2nc3ccccc3s2)c1. The highest BCUT2D eigenvalue weighted by Gasteiger charge is 2.18. The van der Waals surface area contributed by atoms with Crippen LogP contribution in [0.1, 0.15) is 23.5 Å². The van der Waals surface area contributed by atoms with E-state index >= 15 is 0 Å². The van der Waals surface area contributed by atoms with Crippen LogP contribution in [0, 0.1) is 0 Å². The Morgan fingerprint density at radius 2 is 1.93 bits per heavy atom. The zero-order chi connectivity index (χ0) is 20.9. The summed E-state index contributed by atoms with van der Waals surface area (Å²) in [6.45, 7) is 1.51. The van der Waals surface area contributed by atoms with E-state index in [1.54, 1.807) is 11.3 Å². The van der Waals surface area contributed by atoms with E-state index < -0.39 is 0 Å². The molecule has 0 radical (unpaired) electrons. The first-order chi connectivity index (χ1) is 14.6. The van der Waals surface area contributed by atoms with Crippen molar-refractivity contribution in [2.75, 3.05) is 11.1 Å². The van der Waals surface area contributed by atoms with Gasteiger partial charge in [-0.2, -0.15) is 0 Å². The van der Waals surface area contributed by atoms with Gasteiger partial charge in [-0.3, -0.25) is 4.79 Å². The zero-order valence-electron chi connectivity index (χ0n) is 16.5. The van der Waals surface area contributed by atoms with Crippen molar-refractivity contribution < 1.29 is 4.79 Å². The minimum Gasteiger partial charge on any atom is -0.399 e. The fraction of sp³-hybridized carbons (Fsp3) is 0.130. The summed E-state index contributed by atoms with van der Waals surface area (Å²) in [5, 5.41) is 3.86. The summed E-state index contributed by atoms with van der Waals surface area (Å²) in [5.74, 6) is -0.0841. The largest absolute Gasteiger partial charge is 0.399 e. The highest BCUT2D eigenvalue weighted by molar-refractivity contribution is 7.97. The van der Waals surface area contributed by atoms with Crippen molar-refractivity contribution in [2.24, 2.45) is 0 Å². The third-order valence-corrected chi connectivity index (χ3v) is 6.51. The number of nitrogens with one attached hydrogen (secondary N) is 2. The molecule has 0 aliphatic carbocycles. The van der Waals surface area contributed by atoms with Crippen LogP contribution in [0.5, 0.6) is 0 Å². The predicted octanol–water partition coefficient (Wildman–Crippen LogP) is 5.42. The van der Waals surface area contributed by atoms with Gasteiger partial charge in [0.25, 0.3) is 0 Å². The number of fused-ring (bicyclic) bond motifs is 1. The molecule has 1 heterocycles. The van der Waals surface area contributed by atoms with Gasteiger partial charge in [-0.15, -0.1) is 11.3 Å². The van der Waals surface area contributed by atoms with E-state index in [0.29, 0.717) is 0 Å². The number of benzene rings is 3. The number of nitrogen functional groups attached to an aromatic ring is 1. The summed E-state index contributed by atoms with van der Waals surface area (Å²) in [4.78, 5) is 17.2. The molecule has 5 nitrogen and oxygen atoms in total. The molecule has 4 rings (SSSR count). The average molecular weight is 435 g/mol. The normalized spacial score (nSPS) is 12.0. The van der Waals surface area contributed by atoms with E-state index in [2.05, 4.69) is 22.2 Å². The molecule has 0 saturated heterocycles. The standard InChI is InChI=1S/C23H22N4OS2/c1-15(28)25-18-8-5-9-19(14-18)30-27-21(13-16-6-4-7-17(24)12-16)23-26-20-10-2-3-11-22(20)29-23/h2-12,14,21,27H,13,24H2,1H3,(H,25,28). The molecule has 7 heteroatoms. The summed E-state index contributed by atoms with van der Waals surface area (Å²) in [6.07, 6.45) is 0.767. The number of anilines is 2. The Morgan fingerprint density at radius 1 is 1.10 bits per heavy atom. The monoisotopic (exact) mass is 434 g/mol. The number of rotatable bonds is 7. The molecule has 0 aliphatic heterocycles. The first-order valence-corrected chi connectivity index (χ1v) is 11.2. The molecule has 152 valence electrons. The van der Waals surface area contributed by atoms with Crippen LogP contribution < -0.4 is 15.8 Å². The number of nitrogens with zero attached hydrogens (tertiary/aromatic N) is 1. The number of amides is 1. The second kappa shape index (κ2) is 9.30. The van der Waals surface area contributed by atoms with Crippen LogP contribution in [0.4, 0.5) is 11.4 Å². The van der Waals surface area contributed by atoms with Gasteiger partial charge < -0.3 is 11.1 Å². The lowest BCUT2D eigenvalue weighted by atomic mass is 10.1. The summed E-state index contributed by atoms with van der Waals surface area (Å²) in [7, 11) is 0.